The maximum atomic E-state index is 9.02. The molecule has 0 spiro atoms. The molecule has 2 rings (SSSR count). The lowest BCUT2D eigenvalue weighted by Gasteiger charge is -2.20. The summed E-state index contributed by atoms with van der Waals surface area (Å²) in [5.74, 6) is 0.912. The zero-order valence-electron chi connectivity index (χ0n) is 9.94. The van der Waals surface area contributed by atoms with Crippen LogP contribution in [-0.4, -0.2) is 30.3 Å². The van der Waals surface area contributed by atoms with Crippen LogP contribution in [0.3, 0.4) is 0 Å². The van der Waals surface area contributed by atoms with Crippen LogP contribution in [0.2, 0.25) is 0 Å². The van der Waals surface area contributed by atoms with Crippen molar-refractivity contribution in [3.63, 3.8) is 0 Å². The van der Waals surface area contributed by atoms with Crippen molar-refractivity contribution in [2.75, 3.05) is 25.1 Å². The van der Waals surface area contributed by atoms with Crippen LogP contribution in [0.1, 0.15) is 5.69 Å². The van der Waals surface area contributed by atoms with Gasteiger partial charge in [0.2, 0.25) is 0 Å². The Hall–Kier alpha value is -1.13. The Kier molecular flexibility index (Phi) is 3.64. The fourth-order valence-electron chi connectivity index (χ4n) is 1.88. The van der Waals surface area contributed by atoms with Gasteiger partial charge >= 0.3 is 0 Å². The molecule has 4 heteroatoms. The Balaban J connectivity index is 2.67. The summed E-state index contributed by atoms with van der Waals surface area (Å²) in [6.07, 6.45) is 0. The Bertz CT molecular complexity index is 542. The first-order valence-electron chi connectivity index (χ1n) is 5.52. The molecule has 0 saturated heterocycles. The van der Waals surface area contributed by atoms with Gasteiger partial charge in [-0.05, 0) is 22.9 Å². The quantitative estimate of drug-likeness (QED) is 0.946. The van der Waals surface area contributed by atoms with Crippen molar-refractivity contribution in [3.05, 3.63) is 34.4 Å². The molecule has 0 radical (unpaired) electrons. The van der Waals surface area contributed by atoms with Crippen molar-refractivity contribution in [1.29, 1.82) is 0 Å². The van der Waals surface area contributed by atoms with Gasteiger partial charge < -0.3 is 10.0 Å². The zero-order chi connectivity index (χ0) is 12.4. The fraction of sp³-hybridized carbons (Fsp3) is 0.308. The van der Waals surface area contributed by atoms with Crippen LogP contribution < -0.4 is 4.90 Å². The van der Waals surface area contributed by atoms with Gasteiger partial charge in [0.15, 0.2) is 0 Å². The maximum Gasteiger partial charge on any atom is 0.136 e. The van der Waals surface area contributed by atoms with Crippen molar-refractivity contribution < 1.29 is 5.11 Å². The maximum absolute atomic E-state index is 9.02. The van der Waals surface area contributed by atoms with Gasteiger partial charge in [0, 0.05) is 28.8 Å². The predicted molar refractivity (Wildman–Crippen MR) is 74.5 cm³/mol. The van der Waals surface area contributed by atoms with Crippen LogP contribution >= 0.6 is 15.9 Å². The van der Waals surface area contributed by atoms with E-state index in [1.54, 1.807) is 0 Å². The van der Waals surface area contributed by atoms with E-state index in [0.29, 0.717) is 6.54 Å². The van der Waals surface area contributed by atoms with Crippen LogP contribution in [0.4, 0.5) is 5.82 Å². The predicted octanol–water partition coefficient (Wildman–Crippen LogP) is 2.73. The van der Waals surface area contributed by atoms with E-state index in [4.69, 9.17) is 5.11 Å². The molecule has 0 aliphatic rings. The van der Waals surface area contributed by atoms with Crippen molar-refractivity contribution in [2.24, 2.45) is 0 Å². The summed E-state index contributed by atoms with van der Waals surface area (Å²) in [5.41, 5.74) is 0.962. The molecule has 1 N–H and O–H groups in total. The summed E-state index contributed by atoms with van der Waals surface area (Å²) in [4.78, 5) is 6.56. The highest BCUT2D eigenvalue weighted by Crippen LogP contribution is 2.31. The number of aryl methyl sites for hydroxylation is 1. The number of likely N-dealkylation sites (N-methyl/N-ethyl adjacent to an activating group) is 1. The Morgan fingerprint density at radius 3 is 2.59 bits per heavy atom. The van der Waals surface area contributed by atoms with Crippen molar-refractivity contribution in [1.82, 2.24) is 4.98 Å². The molecule has 0 unspecified atom stereocenters. The number of aliphatic hydroxyl groups is 1. The highest BCUT2D eigenvalue weighted by Gasteiger charge is 2.11. The molecular weight excluding hydrogens is 280 g/mol. The summed E-state index contributed by atoms with van der Waals surface area (Å²) in [5, 5.41) is 11.3. The summed E-state index contributed by atoms with van der Waals surface area (Å²) >= 11 is 3.57. The number of hydrogen-bond donors (Lipinski definition) is 1. The van der Waals surface area contributed by atoms with E-state index in [2.05, 4.69) is 33.0 Å². The molecule has 1 aromatic carbocycles. The molecule has 0 aliphatic heterocycles. The molecule has 1 aromatic heterocycles. The standard InChI is InChI=1S/C13H15BrN2O/c1-9-12(14)10-5-3-4-6-11(10)13(15-9)16(2)7-8-17/h3-6,17H,7-8H2,1-2H3. The molecule has 0 bridgehead atoms. The number of halogens is 1. The number of aliphatic hydroxyl groups excluding tert-OH is 1. The Labute approximate surface area is 109 Å². The average molecular weight is 295 g/mol. The van der Waals surface area contributed by atoms with Gasteiger partial charge in [-0.3, -0.25) is 0 Å². The molecule has 0 fully saturated rings. The van der Waals surface area contributed by atoms with Gasteiger partial charge in [0.05, 0.1) is 12.3 Å². The lowest BCUT2D eigenvalue weighted by molar-refractivity contribution is 0.304. The number of anilines is 1. The number of rotatable bonds is 3. The minimum atomic E-state index is 0.127. The topological polar surface area (TPSA) is 36.4 Å². The number of nitrogens with zero attached hydrogens (tertiary/aromatic N) is 2. The van der Waals surface area contributed by atoms with Gasteiger partial charge in [-0.25, -0.2) is 4.98 Å². The Morgan fingerprint density at radius 2 is 1.94 bits per heavy atom. The van der Waals surface area contributed by atoms with E-state index in [1.807, 2.05) is 31.0 Å². The summed E-state index contributed by atoms with van der Waals surface area (Å²) in [7, 11) is 1.94. The number of hydrogen-bond acceptors (Lipinski definition) is 3. The molecule has 0 aliphatic carbocycles. The monoisotopic (exact) mass is 294 g/mol. The third-order valence-corrected chi connectivity index (χ3v) is 3.79. The normalized spacial score (nSPS) is 10.8. The largest absolute Gasteiger partial charge is 0.395 e. The molecule has 0 saturated carbocycles. The molecule has 1 heterocycles. The first-order chi connectivity index (χ1) is 8.15. The average Bonchev–Trinajstić information content (AvgIpc) is 2.34. The van der Waals surface area contributed by atoms with Crippen LogP contribution in [0.15, 0.2) is 28.7 Å². The highest BCUT2D eigenvalue weighted by molar-refractivity contribution is 9.10. The number of aromatic nitrogens is 1. The minimum absolute atomic E-state index is 0.127. The molecule has 90 valence electrons. The first-order valence-corrected chi connectivity index (χ1v) is 6.31. The van der Waals surface area contributed by atoms with E-state index in [9.17, 15) is 0 Å². The SMILES string of the molecule is Cc1nc(N(C)CCO)c2ccccc2c1Br. The third kappa shape index (κ3) is 2.28. The van der Waals surface area contributed by atoms with E-state index < -0.39 is 0 Å². The second-order valence-electron chi connectivity index (χ2n) is 4.03. The van der Waals surface area contributed by atoms with Gasteiger partial charge in [-0.1, -0.05) is 24.3 Å². The summed E-state index contributed by atoms with van der Waals surface area (Å²) in [6.45, 7) is 2.69. The van der Waals surface area contributed by atoms with E-state index in [0.717, 1.165) is 26.8 Å². The smallest absolute Gasteiger partial charge is 0.136 e. The number of pyridine rings is 1. The summed E-state index contributed by atoms with van der Waals surface area (Å²) in [6, 6.07) is 8.14. The van der Waals surface area contributed by atoms with E-state index >= 15 is 0 Å². The van der Waals surface area contributed by atoms with Gasteiger partial charge in [0.1, 0.15) is 5.82 Å². The molecule has 2 aromatic rings. The number of benzene rings is 1. The van der Waals surface area contributed by atoms with Crippen molar-refractivity contribution in [2.45, 2.75) is 6.92 Å². The van der Waals surface area contributed by atoms with Crippen LogP contribution in [0, 0.1) is 6.92 Å². The number of fused-ring (bicyclic) bond motifs is 1. The minimum Gasteiger partial charge on any atom is -0.395 e. The van der Waals surface area contributed by atoms with E-state index in [1.165, 1.54) is 0 Å². The van der Waals surface area contributed by atoms with Crippen LogP contribution in [0.5, 0.6) is 0 Å². The fourth-order valence-corrected chi connectivity index (χ4v) is 2.31. The lowest BCUT2D eigenvalue weighted by atomic mass is 10.1. The lowest BCUT2D eigenvalue weighted by Crippen LogP contribution is -2.22. The molecule has 0 amide bonds. The summed E-state index contributed by atoms with van der Waals surface area (Å²) < 4.78 is 1.04. The Morgan fingerprint density at radius 1 is 1.29 bits per heavy atom. The van der Waals surface area contributed by atoms with Crippen LogP contribution in [-0.2, 0) is 0 Å². The second-order valence-corrected chi connectivity index (χ2v) is 4.82. The van der Waals surface area contributed by atoms with Gasteiger partial charge in [-0.2, -0.15) is 0 Å². The van der Waals surface area contributed by atoms with Gasteiger partial charge in [0.25, 0.3) is 0 Å². The zero-order valence-corrected chi connectivity index (χ0v) is 11.5. The molecular formula is C13H15BrN2O. The highest BCUT2D eigenvalue weighted by atomic mass is 79.9. The van der Waals surface area contributed by atoms with E-state index in [-0.39, 0.29) is 6.61 Å². The third-order valence-electron chi connectivity index (χ3n) is 2.79. The van der Waals surface area contributed by atoms with Gasteiger partial charge in [-0.15, -0.1) is 0 Å². The molecule has 0 atom stereocenters. The second kappa shape index (κ2) is 5.02. The molecule has 3 nitrogen and oxygen atoms in total. The molecule has 17 heavy (non-hydrogen) atoms. The first kappa shape index (κ1) is 12.3. The van der Waals surface area contributed by atoms with Crippen LogP contribution in [0.25, 0.3) is 10.8 Å². The van der Waals surface area contributed by atoms with Crippen molar-refractivity contribution in [3.8, 4) is 0 Å². The van der Waals surface area contributed by atoms with Crippen molar-refractivity contribution >= 4 is 32.5 Å².